The van der Waals surface area contributed by atoms with E-state index in [-0.39, 0.29) is 0 Å². The average molecular weight is 280 g/mol. The fourth-order valence-corrected chi connectivity index (χ4v) is 2.52. The van der Waals surface area contributed by atoms with Crippen LogP contribution in [0, 0.1) is 12.1 Å². The van der Waals surface area contributed by atoms with E-state index in [0.717, 1.165) is 21.5 Å². The number of fused-ring (bicyclic) bond motifs is 2. The van der Waals surface area contributed by atoms with Gasteiger partial charge >= 0.3 is 0 Å². The molecule has 0 aromatic heterocycles. The monoisotopic (exact) mass is 278 g/mol. The molecule has 0 aliphatic heterocycles. The predicted octanol–water partition coefficient (Wildman–Crippen LogP) is 5.55. The largest absolute Gasteiger partial charge is 0.0830 e. The highest BCUT2D eigenvalue weighted by Crippen LogP contribution is 2.36. The first-order chi connectivity index (χ1) is 8.16. The highest BCUT2D eigenvalue weighted by atomic mass is 35.5. The molecular formula is C14H5Cl3. The fourth-order valence-electron chi connectivity index (χ4n) is 1.87. The lowest BCUT2D eigenvalue weighted by Crippen LogP contribution is -1.81. The minimum atomic E-state index is 0.392. The maximum atomic E-state index is 6.35. The van der Waals surface area contributed by atoms with Gasteiger partial charge in [-0.25, -0.2) is 0 Å². The van der Waals surface area contributed by atoms with Crippen molar-refractivity contribution in [3.05, 3.63) is 57.5 Å². The Bertz CT molecular complexity index is 732. The number of hydrogen-bond acceptors (Lipinski definition) is 0. The molecule has 0 fully saturated rings. The van der Waals surface area contributed by atoms with E-state index in [2.05, 4.69) is 12.1 Å². The van der Waals surface area contributed by atoms with Crippen molar-refractivity contribution in [1.82, 2.24) is 0 Å². The van der Waals surface area contributed by atoms with Crippen LogP contribution in [0.4, 0.5) is 0 Å². The first-order valence-electron chi connectivity index (χ1n) is 4.96. The van der Waals surface area contributed by atoms with Gasteiger partial charge in [0.1, 0.15) is 0 Å². The Morgan fingerprint density at radius 2 is 1.82 bits per heavy atom. The summed E-state index contributed by atoms with van der Waals surface area (Å²) in [6.07, 6.45) is 0. The molecule has 2 radical (unpaired) electrons. The third-order valence-electron chi connectivity index (χ3n) is 2.68. The van der Waals surface area contributed by atoms with Crippen LogP contribution in [0.5, 0.6) is 0 Å². The lowest BCUT2D eigenvalue weighted by molar-refractivity contribution is 1.74. The van der Waals surface area contributed by atoms with Gasteiger partial charge in [-0.2, -0.15) is 0 Å². The summed E-state index contributed by atoms with van der Waals surface area (Å²) in [7, 11) is 0. The minimum absolute atomic E-state index is 0.392. The van der Waals surface area contributed by atoms with Crippen molar-refractivity contribution < 1.29 is 0 Å². The van der Waals surface area contributed by atoms with Gasteiger partial charge in [-0.1, -0.05) is 46.9 Å². The highest BCUT2D eigenvalue weighted by molar-refractivity contribution is 6.45. The molecule has 0 nitrogen and oxygen atoms in total. The zero-order chi connectivity index (χ0) is 12.0. The second-order valence-corrected chi connectivity index (χ2v) is 4.90. The van der Waals surface area contributed by atoms with E-state index in [1.54, 1.807) is 6.07 Å². The molecule has 3 heteroatoms. The molecular weight excluding hydrogens is 275 g/mol. The van der Waals surface area contributed by atoms with E-state index in [0.29, 0.717) is 15.1 Å². The van der Waals surface area contributed by atoms with E-state index in [1.165, 1.54) is 0 Å². The second-order valence-electron chi connectivity index (χ2n) is 3.73. The van der Waals surface area contributed by atoms with E-state index in [1.807, 2.05) is 24.3 Å². The summed E-state index contributed by atoms with van der Waals surface area (Å²) in [4.78, 5) is 0. The topological polar surface area (TPSA) is 0 Å². The third-order valence-corrected chi connectivity index (χ3v) is 3.76. The molecule has 0 N–H and O–H groups in total. The summed E-state index contributed by atoms with van der Waals surface area (Å²) < 4.78 is 0. The van der Waals surface area contributed by atoms with Crippen LogP contribution >= 0.6 is 34.8 Å². The minimum Gasteiger partial charge on any atom is -0.0830 e. The van der Waals surface area contributed by atoms with Gasteiger partial charge in [0.05, 0.1) is 15.1 Å². The number of hydrogen-bond donors (Lipinski definition) is 0. The second kappa shape index (κ2) is 4.06. The maximum Gasteiger partial charge on any atom is 0.0678 e. The van der Waals surface area contributed by atoms with Gasteiger partial charge in [0.2, 0.25) is 0 Å². The molecule has 3 aromatic carbocycles. The highest BCUT2D eigenvalue weighted by Gasteiger charge is 2.08. The number of halogens is 3. The van der Waals surface area contributed by atoms with Crippen LogP contribution in [-0.4, -0.2) is 0 Å². The van der Waals surface area contributed by atoms with Gasteiger partial charge in [0, 0.05) is 16.8 Å². The van der Waals surface area contributed by atoms with Crippen molar-refractivity contribution in [3.63, 3.8) is 0 Å². The fraction of sp³-hybridized carbons (Fsp3) is 0. The van der Waals surface area contributed by atoms with E-state index < -0.39 is 0 Å². The Hall–Kier alpha value is -0.950. The normalized spacial score (nSPS) is 11.2. The quantitative estimate of drug-likeness (QED) is 0.473. The molecule has 0 heterocycles. The molecule has 17 heavy (non-hydrogen) atoms. The molecule has 0 saturated carbocycles. The summed E-state index contributed by atoms with van der Waals surface area (Å²) >= 11 is 18.3. The van der Waals surface area contributed by atoms with Crippen LogP contribution in [0.3, 0.4) is 0 Å². The summed E-state index contributed by atoms with van der Waals surface area (Å²) in [6, 6.07) is 15.5. The Balaban J connectivity index is 2.55. The van der Waals surface area contributed by atoms with Gasteiger partial charge in [-0.3, -0.25) is 0 Å². The van der Waals surface area contributed by atoms with E-state index >= 15 is 0 Å². The Morgan fingerprint density at radius 3 is 2.65 bits per heavy atom. The Morgan fingerprint density at radius 1 is 1.00 bits per heavy atom. The van der Waals surface area contributed by atoms with Gasteiger partial charge < -0.3 is 0 Å². The van der Waals surface area contributed by atoms with Crippen LogP contribution in [0.1, 0.15) is 0 Å². The van der Waals surface area contributed by atoms with Crippen molar-refractivity contribution in [2.45, 2.75) is 0 Å². The lowest BCUT2D eigenvalue weighted by atomic mass is 10.0. The molecule has 0 aliphatic carbocycles. The summed E-state index contributed by atoms with van der Waals surface area (Å²) in [5.74, 6) is 0. The predicted molar refractivity (Wildman–Crippen MR) is 74.2 cm³/mol. The first kappa shape index (κ1) is 11.2. The Kier molecular flexibility index (Phi) is 2.67. The lowest BCUT2D eigenvalue weighted by Gasteiger charge is -2.06. The molecule has 0 amide bonds. The van der Waals surface area contributed by atoms with Crippen LogP contribution in [0.25, 0.3) is 21.5 Å². The molecule has 0 bridgehead atoms. The number of rotatable bonds is 0. The molecule has 0 unspecified atom stereocenters. The zero-order valence-corrected chi connectivity index (χ0v) is 10.8. The standard InChI is InChI=1S/C14H5Cl3/c15-12-6-9-5-8-3-1-2-4-10(8)14(17)11(9)7-13(12)16/h2-6H. The third kappa shape index (κ3) is 1.77. The van der Waals surface area contributed by atoms with Gasteiger partial charge in [-0.05, 0) is 35.0 Å². The van der Waals surface area contributed by atoms with Crippen LogP contribution < -0.4 is 0 Å². The summed E-state index contributed by atoms with van der Waals surface area (Å²) in [6.45, 7) is 0. The van der Waals surface area contributed by atoms with Crippen molar-refractivity contribution in [2.75, 3.05) is 0 Å². The van der Waals surface area contributed by atoms with E-state index in [9.17, 15) is 0 Å². The molecule has 0 atom stereocenters. The smallest absolute Gasteiger partial charge is 0.0678 e. The molecule has 0 spiro atoms. The number of benzene rings is 3. The molecule has 3 aromatic rings. The first-order valence-corrected chi connectivity index (χ1v) is 6.09. The van der Waals surface area contributed by atoms with Gasteiger partial charge in [0.15, 0.2) is 0 Å². The van der Waals surface area contributed by atoms with Crippen molar-refractivity contribution in [3.8, 4) is 0 Å². The van der Waals surface area contributed by atoms with Crippen molar-refractivity contribution >= 4 is 56.3 Å². The Labute approximate surface area is 114 Å². The molecule has 82 valence electrons. The summed E-state index contributed by atoms with van der Waals surface area (Å²) in [5, 5.41) is 5.23. The zero-order valence-electron chi connectivity index (χ0n) is 8.52. The van der Waals surface area contributed by atoms with Crippen LogP contribution in [0.15, 0.2) is 30.3 Å². The van der Waals surface area contributed by atoms with Crippen molar-refractivity contribution in [1.29, 1.82) is 0 Å². The molecule has 0 aliphatic rings. The van der Waals surface area contributed by atoms with E-state index in [4.69, 9.17) is 34.8 Å². The SMILES string of the molecule is Clc1[c]c2c(Cl)c3cc[c]cc3cc2cc1Cl. The summed E-state index contributed by atoms with van der Waals surface area (Å²) in [5.41, 5.74) is 0. The maximum absolute atomic E-state index is 6.35. The van der Waals surface area contributed by atoms with Crippen LogP contribution in [0.2, 0.25) is 15.1 Å². The average Bonchev–Trinajstić information content (AvgIpc) is 2.32. The molecule has 3 rings (SSSR count). The van der Waals surface area contributed by atoms with Gasteiger partial charge in [0.25, 0.3) is 0 Å². The van der Waals surface area contributed by atoms with Crippen molar-refractivity contribution in [2.24, 2.45) is 0 Å². The van der Waals surface area contributed by atoms with Gasteiger partial charge in [-0.15, -0.1) is 0 Å². The molecule has 0 saturated heterocycles. The van der Waals surface area contributed by atoms with Crippen LogP contribution in [-0.2, 0) is 0 Å².